The molecule has 0 aliphatic carbocycles. The van der Waals surface area contributed by atoms with Crippen LogP contribution in [0.15, 0.2) is 34.8 Å². The van der Waals surface area contributed by atoms with Crippen LogP contribution in [0.1, 0.15) is 12.3 Å². The van der Waals surface area contributed by atoms with E-state index in [1.165, 1.54) is 12.2 Å². The number of oxazole rings is 1. The van der Waals surface area contributed by atoms with Gasteiger partial charge in [0.15, 0.2) is 5.58 Å². The van der Waals surface area contributed by atoms with Crippen molar-refractivity contribution in [3.63, 3.8) is 0 Å². The van der Waals surface area contributed by atoms with Gasteiger partial charge in [0.05, 0.1) is 6.61 Å². The molecule has 1 aliphatic heterocycles. The third-order valence-corrected chi connectivity index (χ3v) is 3.36. The zero-order chi connectivity index (χ0) is 14.7. The molecule has 1 fully saturated rings. The van der Waals surface area contributed by atoms with Gasteiger partial charge >= 0.3 is 0 Å². The number of nitrogens with zero attached hydrogens (tertiary/aromatic N) is 1. The van der Waals surface area contributed by atoms with Crippen molar-refractivity contribution in [2.45, 2.75) is 12.0 Å². The Balaban J connectivity index is 1.58. The summed E-state index contributed by atoms with van der Waals surface area (Å²) in [6.45, 7) is 0.941. The SMILES string of the molecule is O=C(/C=C/c1nc2ccccc2o1)NCC1(O)CCOC1. The molecular formula is C15H16N2O4. The lowest BCUT2D eigenvalue weighted by Gasteiger charge is -2.19. The standard InChI is InChI=1S/C15H16N2O4/c18-13(16-9-15(19)7-8-20-10-15)5-6-14-17-11-3-1-2-4-12(11)21-14/h1-6,19H,7-10H2,(H,16,18)/b6-5+. The molecule has 1 saturated heterocycles. The van der Waals surface area contributed by atoms with Crippen molar-refractivity contribution in [3.8, 4) is 0 Å². The Morgan fingerprint density at radius 1 is 1.48 bits per heavy atom. The summed E-state index contributed by atoms with van der Waals surface area (Å²) >= 11 is 0. The maximum absolute atomic E-state index is 11.7. The summed E-state index contributed by atoms with van der Waals surface area (Å²) in [4.78, 5) is 15.9. The number of carbonyl (C=O) groups excluding carboxylic acids is 1. The molecule has 1 unspecified atom stereocenters. The second kappa shape index (κ2) is 5.67. The van der Waals surface area contributed by atoms with Gasteiger partial charge in [0.25, 0.3) is 0 Å². The zero-order valence-corrected chi connectivity index (χ0v) is 11.4. The number of fused-ring (bicyclic) bond motifs is 1. The molecule has 1 aliphatic rings. The fraction of sp³-hybridized carbons (Fsp3) is 0.333. The third-order valence-electron chi connectivity index (χ3n) is 3.36. The summed E-state index contributed by atoms with van der Waals surface area (Å²) in [6.07, 6.45) is 3.37. The number of nitrogens with one attached hydrogen (secondary N) is 1. The van der Waals surface area contributed by atoms with Gasteiger partial charge in [-0.25, -0.2) is 4.98 Å². The van der Waals surface area contributed by atoms with E-state index in [4.69, 9.17) is 9.15 Å². The van der Waals surface area contributed by atoms with Crippen LogP contribution in [0.4, 0.5) is 0 Å². The van der Waals surface area contributed by atoms with Gasteiger partial charge in [-0.2, -0.15) is 0 Å². The molecule has 6 nitrogen and oxygen atoms in total. The number of rotatable bonds is 4. The van der Waals surface area contributed by atoms with Gasteiger partial charge in [-0.05, 0) is 12.1 Å². The second-order valence-corrected chi connectivity index (χ2v) is 5.10. The predicted octanol–water partition coefficient (Wildman–Crippen LogP) is 1.11. The number of amides is 1. The van der Waals surface area contributed by atoms with Crippen molar-refractivity contribution in [3.05, 3.63) is 36.2 Å². The van der Waals surface area contributed by atoms with Crippen molar-refractivity contribution in [2.75, 3.05) is 19.8 Å². The topological polar surface area (TPSA) is 84.6 Å². The maximum atomic E-state index is 11.7. The van der Waals surface area contributed by atoms with E-state index in [1.807, 2.05) is 24.3 Å². The van der Waals surface area contributed by atoms with Crippen molar-refractivity contribution in [1.82, 2.24) is 10.3 Å². The van der Waals surface area contributed by atoms with Crippen molar-refractivity contribution in [1.29, 1.82) is 0 Å². The Morgan fingerprint density at radius 3 is 3.10 bits per heavy atom. The minimum atomic E-state index is -0.957. The number of aromatic nitrogens is 1. The van der Waals surface area contributed by atoms with Gasteiger partial charge in [0.2, 0.25) is 11.8 Å². The van der Waals surface area contributed by atoms with E-state index in [0.29, 0.717) is 24.5 Å². The van der Waals surface area contributed by atoms with Crippen molar-refractivity contribution >= 4 is 23.1 Å². The molecule has 0 spiro atoms. The van der Waals surface area contributed by atoms with Gasteiger partial charge < -0.3 is 19.6 Å². The van der Waals surface area contributed by atoms with Gasteiger partial charge in [-0.15, -0.1) is 0 Å². The molecule has 3 rings (SSSR count). The van der Waals surface area contributed by atoms with Crippen LogP contribution in [0.25, 0.3) is 17.2 Å². The molecule has 1 aromatic heterocycles. The van der Waals surface area contributed by atoms with Crippen LogP contribution in [0.2, 0.25) is 0 Å². The number of hydrogen-bond donors (Lipinski definition) is 2. The highest BCUT2D eigenvalue weighted by atomic mass is 16.5. The molecule has 0 saturated carbocycles. The first-order chi connectivity index (χ1) is 10.1. The highest BCUT2D eigenvalue weighted by Gasteiger charge is 2.32. The molecule has 2 heterocycles. The fourth-order valence-electron chi connectivity index (χ4n) is 2.15. The number of carbonyl (C=O) groups is 1. The van der Waals surface area contributed by atoms with Gasteiger partial charge in [0, 0.05) is 31.7 Å². The lowest BCUT2D eigenvalue weighted by Crippen LogP contribution is -2.42. The van der Waals surface area contributed by atoms with E-state index in [9.17, 15) is 9.90 Å². The number of aliphatic hydroxyl groups is 1. The zero-order valence-electron chi connectivity index (χ0n) is 11.4. The van der Waals surface area contributed by atoms with E-state index in [-0.39, 0.29) is 19.1 Å². The monoisotopic (exact) mass is 288 g/mol. The first-order valence-electron chi connectivity index (χ1n) is 6.76. The summed E-state index contributed by atoms with van der Waals surface area (Å²) in [6, 6.07) is 7.38. The van der Waals surface area contributed by atoms with Crippen LogP contribution in [0.3, 0.4) is 0 Å². The molecule has 110 valence electrons. The van der Waals surface area contributed by atoms with Crippen molar-refractivity contribution < 1.29 is 19.1 Å². The van der Waals surface area contributed by atoms with Crippen LogP contribution in [0.5, 0.6) is 0 Å². The van der Waals surface area contributed by atoms with Crippen LogP contribution >= 0.6 is 0 Å². The van der Waals surface area contributed by atoms with E-state index >= 15 is 0 Å². The van der Waals surface area contributed by atoms with E-state index in [2.05, 4.69) is 10.3 Å². The lowest BCUT2D eigenvalue weighted by atomic mass is 10.0. The van der Waals surface area contributed by atoms with Gasteiger partial charge in [0.1, 0.15) is 11.1 Å². The molecule has 0 radical (unpaired) electrons. The first-order valence-corrected chi connectivity index (χ1v) is 6.76. The third kappa shape index (κ3) is 3.29. The molecule has 0 bridgehead atoms. The highest BCUT2D eigenvalue weighted by molar-refractivity contribution is 5.91. The minimum Gasteiger partial charge on any atom is -0.437 e. The summed E-state index contributed by atoms with van der Waals surface area (Å²) in [5.74, 6) is 0.0619. The second-order valence-electron chi connectivity index (χ2n) is 5.10. The molecule has 21 heavy (non-hydrogen) atoms. The summed E-state index contributed by atoms with van der Waals surface area (Å²) in [7, 11) is 0. The van der Waals surface area contributed by atoms with Crippen LogP contribution < -0.4 is 5.32 Å². The van der Waals surface area contributed by atoms with E-state index in [1.54, 1.807) is 0 Å². The molecule has 2 N–H and O–H groups in total. The normalized spacial score (nSPS) is 22.1. The van der Waals surface area contributed by atoms with Gasteiger partial charge in [-0.1, -0.05) is 12.1 Å². The molecule has 1 amide bonds. The smallest absolute Gasteiger partial charge is 0.244 e. The Morgan fingerprint density at radius 2 is 2.33 bits per heavy atom. The van der Waals surface area contributed by atoms with E-state index < -0.39 is 5.60 Å². The number of hydrogen-bond acceptors (Lipinski definition) is 5. The largest absolute Gasteiger partial charge is 0.437 e. The van der Waals surface area contributed by atoms with Crippen LogP contribution in [-0.2, 0) is 9.53 Å². The fourth-order valence-corrected chi connectivity index (χ4v) is 2.15. The molecule has 1 aromatic carbocycles. The van der Waals surface area contributed by atoms with Gasteiger partial charge in [-0.3, -0.25) is 4.79 Å². The number of benzene rings is 1. The lowest BCUT2D eigenvalue weighted by molar-refractivity contribution is -0.117. The number of para-hydroxylation sites is 2. The van der Waals surface area contributed by atoms with Crippen LogP contribution in [-0.4, -0.2) is 41.4 Å². The first kappa shape index (κ1) is 13.8. The number of ether oxygens (including phenoxy) is 1. The van der Waals surface area contributed by atoms with Crippen molar-refractivity contribution in [2.24, 2.45) is 0 Å². The summed E-state index contributed by atoms with van der Waals surface area (Å²) in [5, 5.41) is 12.7. The summed E-state index contributed by atoms with van der Waals surface area (Å²) < 4.78 is 10.6. The molecule has 1 atom stereocenters. The molecular weight excluding hydrogens is 272 g/mol. The average molecular weight is 288 g/mol. The molecule has 6 heteroatoms. The minimum absolute atomic E-state index is 0.170. The Kier molecular flexibility index (Phi) is 3.72. The average Bonchev–Trinajstić information content (AvgIpc) is 3.09. The Hall–Kier alpha value is -2.18. The van der Waals surface area contributed by atoms with Crippen LogP contribution in [0, 0.1) is 0 Å². The quantitative estimate of drug-likeness (QED) is 0.823. The predicted molar refractivity (Wildman–Crippen MR) is 76.4 cm³/mol. The highest BCUT2D eigenvalue weighted by Crippen LogP contribution is 2.17. The molecule has 2 aromatic rings. The Bertz CT molecular complexity index is 638. The van der Waals surface area contributed by atoms with E-state index in [0.717, 1.165) is 5.52 Å². The summed E-state index contributed by atoms with van der Waals surface area (Å²) in [5.41, 5.74) is 0.464. The Labute approximate surface area is 121 Å². The maximum Gasteiger partial charge on any atom is 0.244 e.